The molecule has 41 heavy (non-hydrogen) atoms. The lowest BCUT2D eigenvalue weighted by molar-refractivity contribution is -0.129. The van der Waals surface area contributed by atoms with E-state index in [0.29, 0.717) is 11.5 Å². The van der Waals surface area contributed by atoms with Gasteiger partial charge in [-0.1, -0.05) is 18.2 Å². The number of fused-ring (bicyclic) bond motifs is 7. The number of hydrogen-bond donors (Lipinski definition) is 3. The van der Waals surface area contributed by atoms with Crippen LogP contribution in [-0.4, -0.2) is 76.5 Å². The minimum atomic E-state index is -3.82. The van der Waals surface area contributed by atoms with E-state index >= 15 is 0 Å². The molecule has 1 aromatic heterocycles. The van der Waals surface area contributed by atoms with E-state index in [9.17, 15) is 22.8 Å². The van der Waals surface area contributed by atoms with Gasteiger partial charge < -0.3 is 29.7 Å². The largest absolute Gasteiger partial charge is 0.493 e. The van der Waals surface area contributed by atoms with Crippen molar-refractivity contribution in [2.75, 3.05) is 33.4 Å². The molecule has 3 N–H and O–H groups in total. The summed E-state index contributed by atoms with van der Waals surface area (Å²) in [6.07, 6.45) is -0.619. The molecule has 0 unspecified atom stereocenters. The summed E-state index contributed by atoms with van der Waals surface area (Å²) in [6, 6.07) is 14.1. The van der Waals surface area contributed by atoms with E-state index in [1.165, 1.54) is 24.1 Å². The van der Waals surface area contributed by atoms with E-state index in [1.807, 2.05) is 0 Å². The topological polar surface area (TPSA) is 152 Å². The monoisotopic (exact) mass is 600 g/mol. The van der Waals surface area contributed by atoms with Crippen LogP contribution in [0.4, 0.5) is 0 Å². The lowest BCUT2D eigenvalue weighted by atomic mass is 10.1. The van der Waals surface area contributed by atoms with Gasteiger partial charge in [-0.3, -0.25) is 14.4 Å². The van der Waals surface area contributed by atoms with Crippen LogP contribution in [-0.2, 0) is 26.2 Å². The summed E-state index contributed by atoms with van der Waals surface area (Å²) in [5.74, 6) is -0.166. The lowest BCUT2D eigenvalue weighted by Crippen LogP contribution is -2.45. The zero-order chi connectivity index (χ0) is 29.0. The van der Waals surface area contributed by atoms with Crippen LogP contribution in [0, 0.1) is 0 Å². The van der Waals surface area contributed by atoms with Gasteiger partial charge >= 0.3 is 0 Å². The molecule has 0 saturated carbocycles. The smallest absolute Gasteiger partial charge is 0.258 e. The number of benzene rings is 2. The van der Waals surface area contributed by atoms with E-state index in [1.54, 1.807) is 47.8 Å². The van der Waals surface area contributed by atoms with Crippen molar-refractivity contribution in [3.8, 4) is 17.2 Å². The molecule has 0 aliphatic carbocycles. The Labute approximate surface area is 240 Å². The fourth-order valence-corrected chi connectivity index (χ4v) is 6.44. The number of carbonyl (C=O) groups excluding carboxylic acids is 3. The second-order valence-electron chi connectivity index (χ2n) is 9.37. The van der Waals surface area contributed by atoms with Crippen LogP contribution in [0.2, 0.25) is 0 Å². The average Bonchev–Trinajstić information content (AvgIpc) is 3.65. The molecule has 12 nitrogen and oxygen atoms in total. The van der Waals surface area contributed by atoms with Crippen molar-refractivity contribution >= 4 is 39.1 Å². The molecule has 4 heterocycles. The Balaban J connectivity index is 1.37. The summed E-state index contributed by atoms with van der Waals surface area (Å²) in [4.78, 5) is 40.1. The molecule has 3 amide bonds. The van der Waals surface area contributed by atoms with Gasteiger partial charge in [-0.2, -0.15) is 0 Å². The summed E-state index contributed by atoms with van der Waals surface area (Å²) < 4.78 is 44.6. The first-order valence-electron chi connectivity index (χ1n) is 12.7. The maximum Gasteiger partial charge on any atom is 0.258 e. The Bertz CT molecular complexity index is 1530. The highest BCUT2D eigenvalue weighted by molar-refractivity contribution is 7.91. The Kier molecular flexibility index (Phi) is 8.42. The third-order valence-corrected chi connectivity index (χ3v) is 9.39. The predicted octanol–water partition coefficient (Wildman–Crippen LogP) is 1.13. The molecule has 3 aliphatic rings. The Morgan fingerprint density at radius 2 is 1.95 bits per heavy atom. The van der Waals surface area contributed by atoms with Crippen LogP contribution in [0.5, 0.6) is 17.2 Å². The number of nitrogens with zero attached hydrogens (tertiary/aromatic N) is 1. The summed E-state index contributed by atoms with van der Waals surface area (Å²) in [7, 11) is -2.37. The summed E-state index contributed by atoms with van der Waals surface area (Å²) >= 11 is 1.05. The summed E-state index contributed by atoms with van der Waals surface area (Å²) in [5, 5.41) is 7.34. The molecule has 6 rings (SSSR count). The van der Waals surface area contributed by atoms with Crippen LogP contribution >= 0.6 is 11.3 Å². The van der Waals surface area contributed by atoms with Crippen molar-refractivity contribution in [2.24, 2.45) is 0 Å². The summed E-state index contributed by atoms with van der Waals surface area (Å²) in [5.41, 5.74) is 1.09. The number of hydrogen-bond acceptors (Lipinski definition) is 9. The van der Waals surface area contributed by atoms with Crippen LogP contribution in [0.3, 0.4) is 0 Å². The molecule has 14 heteroatoms. The average molecular weight is 601 g/mol. The molecule has 3 aliphatic heterocycles. The van der Waals surface area contributed by atoms with Gasteiger partial charge in [0.15, 0.2) is 18.1 Å². The first kappa shape index (κ1) is 28.4. The van der Waals surface area contributed by atoms with Gasteiger partial charge in [0.25, 0.3) is 21.8 Å². The number of carbonyl (C=O) groups is 3. The number of thiophene rings is 1. The third kappa shape index (κ3) is 6.78. The highest BCUT2D eigenvalue weighted by atomic mass is 32.2. The van der Waals surface area contributed by atoms with E-state index in [-0.39, 0.29) is 47.7 Å². The minimum Gasteiger partial charge on any atom is -0.493 e. The number of amides is 3. The Morgan fingerprint density at radius 1 is 1.15 bits per heavy atom. The molecule has 0 radical (unpaired) electrons. The zero-order valence-corrected chi connectivity index (χ0v) is 23.6. The molecule has 2 aromatic carbocycles. The SMILES string of the molecule is COc1ccc2cc1OCC(=O)NCc1ccc(cc1)O[C@H]1CN(C(=O)CNS(=O)(=O)c3cccs3)C[C@@H]1NC2=O. The number of ether oxygens (including phenoxy) is 3. The molecule has 1 fully saturated rings. The van der Waals surface area contributed by atoms with Crippen LogP contribution in [0.25, 0.3) is 0 Å². The van der Waals surface area contributed by atoms with Crippen molar-refractivity contribution in [2.45, 2.75) is 22.9 Å². The molecule has 0 spiro atoms. The van der Waals surface area contributed by atoms with Gasteiger partial charge in [0, 0.05) is 18.7 Å². The predicted molar refractivity (Wildman–Crippen MR) is 149 cm³/mol. The van der Waals surface area contributed by atoms with E-state index in [0.717, 1.165) is 16.9 Å². The van der Waals surface area contributed by atoms with Gasteiger partial charge in [0.05, 0.1) is 26.2 Å². The highest BCUT2D eigenvalue weighted by Gasteiger charge is 2.38. The highest BCUT2D eigenvalue weighted by Crippen LogP contribution is 2.29. The molecule has 2 atom stereocenters. The fraction of sp³-hybridized carbons (Fsp3) is 0.296. The minimum absolute atomic E-state index is 0.103. The molecule has 3 aromatic rings. The van der Waals surface area contributed by atoms with Crippen molar-refractivity contribution in [1.29, 1.82) is 0 Å². The lowest BCUT2D eigenvalue weighted by Gasteiger charge is -2.21. The molecule has 1 saturated heterocycles. The van der Waals surface area contributed by atoms with Crippen LogP contribution in [0.15, 0.2) is 64.2 Å². The number of rotatable bonds is 5. The fourth-order valence-electron chi connectivity index (χ4n) is 4.43. The molecular weight excluding hydrogens is 572 g/mol. The molecular formula is C27H28N4O8S2. The quantitative estimate of drug-likeness (QED) is 0.394. The van der Waals surface area contributed by atoms with Gasteiger partial charge in [0.2, 0.25) is 5.91 Å². The zero-order valence-electron chi connectivity index (χ0n) is 22.0. The van der Waals surface area contributed by atoms with Crippen molar-refractivity contribution in [3.63, 3.8) is 0 Å². The standard InChI is InChI=1S/C27H28N4O8S2/c1-37-21-9-6-18-11-22(21)38-16-24(32)28-12-17-4-7-19(8-5-17)39-23-15-31(14-20(23)30-27(18)34)25(33)13-29-41(35,36)26-3-2-10-40-26/h2-11,20,23,29H,12-16H2,1H3,(H,28,32)(H,30,34)/t20-,23-/m0/s1. The summed E-state index contributed by atoms with van der Waals surface area (Å²) in [6.45, 7) is -0.214. The van der Waals surface area contributed by atoms with Crippen molar-refractivity contribution < 1.29 is 37.0 Å². The van der Waals surface area contributed by atoms with Gasteiger partial charge in [-0.05, 0) is 47.3 Å². The van der Waals surface area contributed by atoms with E-state index < -0.39 is 40.5 Å². The third-order valence-electron chi connectivity index (χ3n) is 6.59. The van der Waals surface area contributed by atoms with E-state index in [4.69, 9.17) is 14.2 Å². The number of sulfonamides is 1. The number of nitrogens with one attached hydrogen (secondary N) is 3. The van der Waals surface area contributed by atoms with Crippen LogP contribution in [0.1, 0.15) is 15.9 Å². The second kappa shape index (κ2) is 12.2. The van der Waals surface area contributed by atoms with Gasteiger partial charge in [-0.15, -0.1) is 11.3 Å². The van der Waals surface area contributed by atoms with Crippen molar-refractivity contribution in [1.82, 2.24) is 20.3 Å². The first-order valence-corrected chi connectivity index (χ1v) is 15.0. The number of methoxy groups -OCH3 is 1. The van der Waals surface area contributed by atoms with Crippen molar-refractivity contribution in [3.05, 3.63) is 71.1 Å². The maximum absolute atomic E-state index is 13.3. The Hall–Kier alpha value is -4.14. The second-order valence-corrected chi connectivity index (χ2v) is 12.3. The van der Waals surface area contributed by atoms with Gasteiger partial charge in [-0.25, -0.2) is 13.1 Å². The molecule has 216 valence electrons. The maximum atomic E-state index is 13.3. The number of likely N-dealkylation sites (tertiary alicyclic amines) is 1. The first-order chi connectivity index (χ1) is 19.7. The van der Waals surface area contributed by atoms with Gasteiger partial charge in [0.1, 0.15) is 16.1 Å². The molecule has 4 bridgehead atoms. The normalized spacial score (nSPS) is 19.3. The Morgan fingerprint density at radius 3 is 2.68 bits per heavy atom. The van der Waals surface area contributed by atoms with Crippen LogP contribution < -0.4 is 29.6 Å². The van der Waals surface area contributed by atoms with E-state index in [2.05, 4.69) is 15.4 Å².